The average Bonchev–Trinajstić information content (AvgIpc) is 2.74. The standard InChI is InChI=1S/C14H12N2/c1-2-5-12(6-3-1)11-16-10-8-13-14(16)7-4-9-15-13/h1-10H,11H2. The van der Waals surface area contributed by atoms with Crippen molar-refractivity contribution in [2.75, 3.05) is 0 Å². The molecule has 2 nitrogen and oxygen atoms in total. The molecule has 0 aliphatic rings. The van der Waals surface area contributed by atoms with Crippen molar-refractivity contribution in [1.82, 2.24) is 9.55 Å². The maximum absolute atomic E-state index is 4.32. The molecule has 2 heterocycles. The molecule has 2 aromatic heterocycles. The summed E-state index contributed by atoms with van der Waals surface area (Å²) in [6.07, 6.45) is 3.92. The van der Waals surface area contributed by atoms with Gasteiger partial charge in [0.2, 0.25) is 0 Å². The second-order valence-corrected chi connectivity index (χ2v) is 3.84. The first-order chi connectivity index (χ1) is 7.93. The first-order valence-electron chi connectivity index (χ1n) is 5.37. The number of pyridine rings is 1. The summed E-state index contributed by atoms with van der Waals surface area (Å²) in [5.41, 5.74) is 3.55. The van der Waals surface area contributed by atoms with Crippen LogP contribution in [0.4, 0.5) is 0 Å². The van der Waals surface area contributed by atoms with Gasteiger partial charge in [0.05, 0.1) is 11.0 Å². The van der Waals surface area contributed by atoms with Gasteiger partial charge in [-0.05, 0) is 23.8 Å². The van der Waals surface area contributed by atoms with E-state index in [0.717, 1.165) is 12.1 Å². The summed E-state index contributed by atoms with van der Waals surface area (Å²) in [6, 6.07) is 16.6. The van der Waals surface area contributed by atoms with Gasteiger partial charge in [0.15, 0.2) is 0 Å². The molecule has 0 fully saturated rings. The Balaban J connectivity index is 2.01. The lowest BCUT2D eigenvalue weighted by molar-refractivity contribution is 0.836. The highest BCUT2D eigenvalue weighted by Crippen LogP contribution is 2.14. The summed E-state index contributed by atoms with van der Waals surface area (Å²) in [5.74, 6) is 0. The van der Waals surface area contributed by atoms with Crippen LogP contribution in [0.2, 0.25) is 0 Å². The Morgan fingerprint density at radius 2 is 1.81 bits per heavy atom. The third-order valence-electron chi connectivity index (χ3n) is 2.73. The van der Waals surface area contributed by atoms with Crippen LogP contribution < -0.4 is 0 Å². The second-order valence-electron chi connectivity index (χ2n) is 3.84. The Morgan fingerprint density at radius 3 is 2.69 bits per heavy atom. The van der Waals surface area contributed by atoms with Crippen LogP contribution in [0.1, 0.15) is 5.56 Å². The molecule has 3 aromatic rings. The molecule has 0 amide bonds. The van der Waals surface area contributed by atoms with Crippen LogP contribution in [-0.4, -0.2) is 9.55 Å². The van der Waals surface area contributed by atoms with Crippen molar-refractivity contribution < 1.29 is 0 Å². The molecule has 0 aliphatic carbocycles. The predicted molar refractivity (Wildman–Crippen MR) is 65.3 cm³/mol. The van der Waals surface area contributed by atoms with Gasteiger partial charge in [-0.1, -0.05) is 30.3 Å². The molecule has 0 spiro atoms. The molecular formula is C14H12N2. The van der Waals surface area contributed by atoms with Crippen molar-refractivity contribution in [2.24, 2.45) is 0 Å². The monoisotopic (exact) mass is 208 g/mol. The van der Waals surface area contributed by atoms with E-state index in [1.165, 1.54) is 11.1 Å². The summed E-state index contributed by atoms with van der Waals surface area (Å²) in [5, 5.41) is 0. The van der Waals surface area contributed by atoms with Gasteiger partial charge in [0, 0.05) is 18.9 Å². The average molecular weight is 208 g/mol. The van der Waals surface area contributed by atoms with Crippen LogP contribution in [0.3, 0.4) is 0 Å². The summed E-state index contributed by atoms with van der Waals surface area (Å²) < 4.78 is 2.22. The molecular weight excluding hydrogens is 196 g/mol. The minimum absolute atomic E-state index is 0.899. The van der Waals surface area contributed by atoms with E-state index in [1.54, 1.807) is 0 Å². The van der Waals surface area contributed by atoms with E-state index < -0.39 is 0 Å². The van der Waals surface area contributed by atoms with Gasteiger partial charge in [0.1, 0.15) is 0 Å². The smallest absolute Gasteiger partial charge is 0.0881 e. The molecule has 0 aliphatic heterocycles. The quantitative estimate of drug-likeness (QED) is 0.632. The first kappa shape index (κ1) is 9.16. The number of benzene rings is 1. The number of aromatic nitrogens is 2. The molecule has 0 N–H and O–H groups in total. The van der Waals surface area contributed by atoms with Gasteiger partial charge in [-0.3, -0.25) is 4.98 Å². The number of rotatable bonds is 2. The van der Waals surface area contributed by atoms with Crippen LogP contribution in [0, 0.1) is 0 Å². The van der Waals surface area contributed by atoms with Crippen molar-refractivity contribution >= 4 is 11.0 Å². The molecule has 0 atom stereocenters. The van der Waals surface area contributed by atoms with E-state index in [9.17, 15) is 0 Å². The summed E-state index contributed by atoms with van der Waals surface area (Å²) in [6.45, 7) is 0.899. The van der Waals surface area contributed by atoms with Gasteiger partial charge < -0.3 is 4.57 Å². The Bertz CT molecular complexity index is 596. The maximum atomic E-state index is 4.32. The Labute approximate surface area is 94.2 Å². The highest BCUT2D eigenvalue weighted by Gasteiger charge is 2.00. The van der Waals surface area contributed by atoms with E-state index in [4.69, 9.17) is 0 Å². The fourth-order valence-electron chi connectivity index (χ4n) is 1.94. The zero-order valence-corrected chi connectivity index (χ0v) is 8.88. The number of fused-ring (bicyclic) bond motifs is 1. The Kier molecular flexibility index (Phi) is 2.18. The molecule has 16 heavy (non-hydrogen) atoms. The Morgan fingerprint density at radius 1 is 0.938 bits per heavy atom. The fourth-order valence-corrected chi connectivity index (χ4v) is 1.94. The fraction of sp³-hybridized carbons (Fsp3) is 0.0714. The third-order valence-corrected chi connectivity index (χ3v) is 2.73. The molecule has 0 unspecified atom stereocenters. The topological polar surface area (TPSA) is 17.8 Å². The van der Waals surface area contributed by atoms with E-state index in [2.05, 4.69) is 52.1 Å². The van der Waals surface area contributed by atoms with E-state index >= 15 is 0 Å². The molecule has 0 saturated carbocycles. The van der Waals surface area contributed by atoms with Crippen LogP contribution >= 0.6 is 0 Å². The van der Waals surface area contributed by atoms with Crippen LogP contribution in [0.15, 0.2) is 60.9 Å². The van der Waals surface area contributed by atoms with Crippen LogP contribution in [0.25, 0.3) is 11.0 Å². The highest BCUT2D eigenvalue weighted by atomic mass is 15.0. The zero-order valence-electron chi connectivity index (χ0n) is 8.88. The van der Waals surface area contributed by atoms with Gasteiger partial charge >= 0.3 is 0 Å². The lowest BCUT2D eigenvalue weighted by atomic mass is 10.2. The predicted octanol–water partition coefficient (Wildman–Crippen LogP) is 3.08. The molecule has 2 heteroatoms. The summed E-state index contributed by atoms with van der Waals surface area (Å²) >= 11 is 0. The van der Waals surface area contributed by atoms with Crippen molar-refractivity contribution in [2.45, 2.75) is 6.54 Å². The normalized spacial score (nSPS) is 10.8. The molecule has 1 aromatic carbocycles. The van der Waals surface area contributed by atoms with Crippen LogP contribution in [-0.2, 0) is 6.54 Å². The van der Waals surface area contributed by atoms with Gasteiger partial charge in [-0.15, -0.1) is 0 Å². The first-order valence-corrected chi connectivity index (χ1v) is 5.37. The van der Waals surface area contributed by atoms with Crippen molar-refractivity contribution in [3.63, 3.8) is 0 Å². The van der Waals surface area contributed by atoms with Crippen molar-refractivity contribution in [3.05, 3.63) is 66.5 Å². The lowest BCUT2D eigenvalue weighted by Gasteiger charge is -2.04. The minimum Gasteiger partial charge on any atom is -0.342 e. The number of hydrogen-bond donors (Lipinski definition) is 0. The van der Waals surface area contributed by atoms with Crippen molar-refractivity contribution in [3.8, 4) is 0 Å². The van der Waals surface area contributed by atoms with E-state index in [-0.39, 0.29) is 0 Å². The molecule has 0 radical (unpaired) electrons. The summed E-state index contributed by atoms with van der Waals surface area (Å²) in [4.78, 5) is 4.32. The number of hydrogen-bond acceptors (Lipinski definition) is 1. The van der Waals surface area contributed by atoms with Crippen molar-refractivity contribution in [1.29, 1.82) is 0 Å². The Hall–Kier alpha value is -2.09. The minimum atomic E-state index is 0.899. The third kappa shape index (κ3) is 1.58. The molecule has 0 saturated heterocycles. The summed E-state index contributed by atoms with van der Waals surface area (Å²) in [7, 11) is 0. The van der Waals surface area contributed by atoms with Gasteiger partial charge in [-0.25, -0.2) is 0 Å². The highest BCUT2D eigenvalue weighted by molar-refractivity contribution is 5.75. The lowest BCUT2D eigenvalue weighted by Crippen LogP contribution is -1.97. The molecule has 0 bridgehead atoms. The molecule has 3 rings (SSSR count). The molecule has 78 valence electrons. The van der Waals surface area contributed by atoms with Gasteiger partial charge in [0.25, 0.3) is 0 Å². The zero-order chi connectivity index (χ0) is 10.8. The van der Waals surface area contributed by atoms with Crippen LogP contribution in [0.5, 0.6) is 0 Å². The number of nitrogens with zero attached hydrogens (tertiary/aromatic N) is 2. The van der Waals surface area contributed by atoms with E-state index in [0.29, 0.717) is 0 Å². The maximum Gasteiger partial charge on any atom is 0.0881 e. The second kappa shape index (κ2) is 3.81. The van der Waals surface area contributed by atoms with Gasteiger partial charge in [-0.2, -0.15) is 0 Å². The van der Waals surface area contributed by atoms with E-state index in [1.807, 2.05) is 18.3 Å². The SMILES string of the molecule is c1ccc(Cn2ccc3ncccc32)cc1. The largest absolute Gasteiger partial charge is 0.342 e.